The SMILES string of the molecule is CC(C)C1CN(c2ccc(Cl)c(Br)c2)C(C(C)C)CN1. The number of rotatable bonds is 3. The van der Waals surface area contributed by atoms with Gasteiger partial charge in [0.05, 0.1) is 5.02 Å². The highest BCUT2D eigenvalue weighted by molar-refractivity contribution is 9.10. The fourth-order valence-corrected chi connectivity index (χ4v) is 3.28. The molecule has 1 aliphatic heterocycles. The van der Waals surface area contributed by atoms with E-state index in [0.717, 1.165) is 22.6 Å². The van der Waals surface area contributed by atoms with Crippen molar-refractivity contribution in [2.24, 2.45) is 11.8 Å². The molecule has 0 amide bonds. The average Bonchev–Trinajstić information content (AvgIpc) is 2.41. The largest absolute Gasteiger partial charge is 0.365 e. The summed E-state index contributed by atoms with van der Waals surface area (Å²) in [5.41, 5.74) is 1.26. The lowest BCUT2D eigenvalue weighted by Gasteiger charge is -2.45. The van der Waals surface area contributed by atoms with Gasteiger partial charge in [-0.2, -0.15) is 0 Å². The highest BCUT2D eigenvalue weighted by atomic mass is 79.9. The van der Waals surface area contributed by atoms with Crippen molar-refractivity contribution in [2.45, 2.75) is 39.8 Å². The summed E-state index contributed by atoms with van der Waals surface area (Å²) in [5, 5.41) is 4.47. The molecule has 4 heteroatoms. The van der Waals surface area contributed by atoms with Crippen molar-refractivity contribution in [3.8, 4) is 0 Å². The molecule has 0 spiro atoms. The molecule has 1 heterocycles. The summed E-state index contributed by atoms with van der Waals surface area (Å²) in [6.07, 6.45) is 0. The molecular formula is C16H24BrClN2. The zero-order valence-corrected chi connectivity index (χ0v) is 15.0. The van der Waals surface area contributed by atoms with Gasteiger partial charge in [-0.05, 0) is 46.0 Å². The van der Waals surface area contributed by atoms with Crippen LogP contribution in [0, 0.1) is 11.8 Å². The van der Waals surface area contributed by atoms with Crippen LogP contribution in [-0.4, -0.2) is 25.2 Å². The Morgan fingerprint density at radius 1 is 1.25 bits per heavy atom. The highest BCUT2D eigenvalue weighted by Gasteiger charge is 2.31. The van der Waals surface area contributed by atoms with Crippen LogP contribution >= 0.6 is 27.5 Å². The summed E-state index contributed by atoms with van der Waals surface area (Å²) in [6, 6.07) is 7.31. The Kier molecular flexibility index (Phi) is 5.38. The van der Waals surface area contributed by atoms with Gasteiger partial charge in [0.2, 0.25) is 0 Å². The van der Waals surface area contributed by atoms with E-state index in [1.165, 1.54) is 5.69 Å². The molecule has 0 saturated carbocycles. The van der Waals surface area contributed by atoms with Gasteiger partial charge in [0.1, 0.15) is 0 Å². The third-order valence-electron chi connectivity index (χ3n) is 4.19. The molecule has 2 unspecified atom stereocenters. The maximum absolute atomic E-state index is 6.12. The van der Waals surface area contributed by atoms with Crippen LogP contribution in [0.15, 0.2) is 22.7 Å². The molecule has 20 heavy (non-hydrogen) atoms. The summed E-state index contributed by atoms with van der Waals surface area (Å²) in [7, 11) is 0. The summed E-state index contributed by atoms with van der Waals surface area (Å²) in [5.74, 6) is 1.26. The molecule has 0 aliphatic carbocycles. The van der Waals surface area contributed by atoms with E-state index in [-0.39, 0.29) is 0 Å². The van der Waals surface area contributed by atoms with Gasteiger partial charge in [0, 0.05) is 35.3 Å². The van der Waals surface area contributed by atoms with Crippen LogP contribution in [0.25, 0.3) is 0 Å². The van der Waals surface area contributed by atoms with Crippen LogP contribution < -0.4 is 10.2 Å². The van der Waals surface area contributed by atoms with Gasteiger partial charge >= 0.3 is 0 Å². The quantitative estimate of drug-likeness (QED) is 0.851. The van der Waals surface area contributed by atoms with Crippen LogP contribution in [0.2, 0.25) is 5.02 Å². The lowest BCUT2D eigenvalue weighted by molar-refractivity contribution is 0.295. The standard InChI is InChI=1S/C16H24BrClN2/c1-10(2)15-9-20(16(8-19-15)11(3)4)12-5-6-14(18)13(17)7-12/h5-7,10-11,15-16,19H,8-9H2,1-4H3. The minimum Gasteiger partial charge on any atom is -0.365 e. The number of anilines is 1. The second-order valence-electron chi connectivity index (χ2n) is 6.32. The minimum atomic E-state index is 0.526. The zero-order chi connectivity index (χ0) is 14.9. The highest BCUT2D eigenvalue weighted by Crippen LogP contribution is 2.31. The van der Waals surface area contributed by atoms with Gasteiger partial charge in [-0.25, -0.2) is 0 Å². The first kappa shape index (κ1) is 16.1. The molecule has 1 fully saturated rings. The first-order chi connectivity index (χ1) is 9.40. The minimum absolute atomic E-state index is 0.526. The number of hydrogen-bond donors (Lipinski definition) is 1. The fourth-order valence-electron chi connectivity index (χ4n) is 2.80. The van der Waals surface area contributed by atoms with Crippen LogP contribution in [0.5, 0.6) is 0 Å². The molecule has 2 nitrogen and oxygen atoms in total. The Labute approximate surface area is 136 Å². The zero-order valence-electron chi connectivity index (χ0n) is 12.7. The fraction of sp³-hybridized carbons (Fsp3) is 0.625. The van der Waals surface area contributed by atoms with Crippen molar-refractivity contribution in [3.05, 3.63) is 27.7 Å². The predicted molar refractivity (Wildman–Crippen MR) is 91.8 cm³/mol. The molecule has 112 valence electrons. The van der Waals surface area contributed by atoms with Crippen molar-refractivity contribution < 1.29 is 0 Å². The molecule has 0 bridgehead atoms. The van der Waals surface area contributed by atoms with Gasteiger partial charge in [-0.15, -0.1) is 0 Å². The monoisotopic (exact) mass is 358 g/mol. The van der Waals surface area contributed by atoms with E-state index in [1.54, 1.807) is 0 Å². The number of hydrogen-bond acceptors (Lipinski definition) is 2. The molecule has 1 N–H and O–H groups in total. The van der Waals surface area contributed by atoms with Crippen molar-refractivity contribution >= 4 is 33.2 Å². The lowest BCUT2D eigenvalue weighted by Crippen LogP contribution is -2.60. The van der Waals surface area contributed by atoms with Crippen molar-refractivity contribution in [1.29, 1.82) is 0 Å². The first-order valence-corrected chi connectivity index (χ1v) is 8.52. The van der Waals surface area contributed by atoms with Crippen LogP contribution in [0.3, 0.4) is 0 Å². The van der Waals surface area contributed by atoms with Crippen molar-refractivity contribution in [1.82, 2.24) is 5.32 Å². The number of benzene rings is 1. The van der Waals surface area contributed by atoms with Crippen LogP contribution in [0.1, 0.15) is 27.7 Å². The third-order valence-corrected chi connectivity index (χ3v) is 5.41. The lowest BCUT2D eigenvalue weighted by atomic mass is 9.93. The van der Waals surface area contributed by atoms with E-state index < -0.39 is 0 Å². The second kappa shape index (κ2) is 6.67. The van der Waals surface area contributed by atoms with E-state index in [1.807, 2.05) is 6.07 Å². The Morgan fingerprint density at radius 3 is 2.50 bits per heavy atom. The number of piperazine rings is 1. The molecule has 1 aromatic rings. The smallest absolute Gasteiger partial charge is 0.0549 e. The molecule has 1 aromatic carbocycles. The van der Waals surface area contributed by atoms with Crippen LogP contribution in [-0.2, 0) is 0 Å². The molecule has 0 radical (unpaired) electrons. The molecule has 1 aliphatic rings. The summed E-state index contributed by atoms with van der Waals surface area (Å²) in [6.45, 7) is 11.2. The van der Waals surface area contributed by atoms with Gasteiger partial charge in [-0.1, -0.05) is 39.3 Å². The van der Waals surface area contributed by atoms with E-state index in [9.17, 15) is 0 Å². The first-order valence-electron chi connectivity index (χ1n) is 7.35. The average molecular weight is 360 g/mol. The maximum atomic E-state index is 6.12. The Morgan fingerprint density at radius 2 is 1.95 bits per heavy atom. The Hall–Kier alpha value is -0.250. The van der Waals surface area contributed by atoms with Crippen molar-refractivity contribution in [3.63, 3.8) is 0 Å². The normalized spacial score (nSPS) is 23.7. The Bertz CT molecular complexity index is 462. The molecule has 0 aromatic heterocycles. The number of nitrogens with zero attached hydrogens (tertiary/aromatic N) is 1. The van der Waals surface area contributed by atoms with Gasteiger partial charge in [0.25, 0.3) is 0 Å². The summed E-state index contributed by atoms with van der Waals surface area (Å²) >= 11 is 9.66. The summed E-state index contributed by atoms with van der Waals surface area (Å²) in [4.78, 5) is 2.53. The van der Waals surface area contributed by atoms with E-state index in [0.29, 0.717) is 23.9 Å². The number of nitrogens with one attached hydrogen (secondary N) is 1. The molecule has 2 rings (SSSR count). The van der Waals surface area contributed by atoms with E-state index in [2.05, 4.69) is 66.0 Å². The van der Waals surface area contributed by atoms with Gasteiger partial charge < -0.3 is 10.2 Å². The third kappa shape index (κ3) is 3.49. The predicted octanol–water partition coefficient (Wildman–Crippen LogP) is 4.56. The topological polar surface area (TPSA) is 15.3 Å². The molecule has 1 saturated heterocycles. The van der Waals surface area contributed by atoms with Gasteiger partial charge in [0.15, 0.2) is 0 Å². The van der Waals surface area contributed by atoms with E-state index >= 15 is 0 Å². The maximum Gasteiger partial charge on any atom is 0.0549 e. The molecular weight excluding hydrogens is 336 g/mol. The number of halogens is 2. The van der Waals surface area contributed by atoms with E-state index in [4.69, 9.17) is 11.6 Å². The summed E-state index contributed by atoms with van der Waals surface area (Å²) < 4.78 is 0.971. The van der Waals surface area contributed by atoms with Gasteiger partial charge in [-0.3, -0.25) is 0 Å². The second-order valence-corrected chi connectivity index (χ2v) is 7.58. The molecule has 2 atom stereocenters. The Balaban J connectivity index is 2.28. The van der Waals surface area contributed by atoms with Crippen LogP contribution in [0.4, 0.5) is 5.69 Å². The van der Waals surface area contributed by atoms with Crippen molar-refractivity contribution in [2.75, 3.05) is 18.0 Å².